The van der Waals surface area contributed by atoms with E-state index >= 15 is 0 Å². The standard InChI is InChI=1S/C18H27N5O3/c1-19-22(2)13-15-11-14-5-3-4-6-16(14)23(15)10-7-17(24)21-9-8-20-12-18(25)26/h3-6,11,19-20H,7-10,12-13H2,1-2H3,(H,21,24)(H,25,26). The van der Waals surface area contributed by atoms with Crippen molar-refractivity contribution in [2.24, 2.45) is 0 Å². The number of fused-ring (bicyclic) bond motifs is 1. The number of rotatable bonds is 11. The van der Waals surface area contributed by atoms with Crippen LogP contribution in [0, 0.1) is 0 Å². The van der Waals surface area contributed by atoms with Gasteiger partial charge in [0.15, 0.2) is 0 Å². The third-order valence-corrected chi connectivity index (χ3v) is 4.14. The second-order valence-electron chi connectivity index (χ2n) is 6.10. The van der Waals surface area contributed by atoms with Gasteiger partial charge in [-0.05, 0) is 24.6 Å². The Kier molecular flexibility index (Phi) is 7.58. The average Bonchev–Trinajstić information content (AvgIpc) is 2.96. The van der Waals surface area contributed by atoms with Crippen LogP contribution < -0.4 is 16.1 Å². The number of hydrogen-bond acceptors (Lipinski definition) is 5. The zero-order valence-electron chi connectivity index (χ0n) is 15.3. The average molecular weight is 361 g/mol. The summed E-state index contributed by atoms with van der Waals surface area (Å²) in [5.74, 6) is -0.956. The zero-order chi connectivity index (χ0) is 18.9. The molecule has 26 heavy (non-hydrogen) atoms. The lowest BCUT2D eigenvalue weighted by atomic mass is 10.2. The van der Waals surface area contributed by atoms with Crippen LogP contribution in [-0.2, 0) is 22.7 Å². The Hall–Kier alpha value is -2.42. The van der Waals surface area contributed by atoms with Gasteiger partial charge in [-0.25, -0.2) is 5.01 Å². The molecule has 2 rings (SSSR count). The van der Waals surface area contributed by atoms with Gasteiger partial charge < -0.3 is 20.3 Å². The smallest absolute Gasteiger partial charge is 0.317 e. The molecule has 1 aromatic carbocycles. The molecule has 1 amide bonds. The molecule has 0 bridgehead atoms. The van der Waals surface area contributed by atoms with E-state index in [0.717, 1.165) is 23.1 Å². The molecule has 0 radical (unpaired) electrons. The molecule has 0 aliphatic carbocycles. The SMILES string of the molecule is CNN(C)Cc1cc2ccccc2n1CCC(=O)NCCNCC(=O)O. The van der Waals surface area contributed by atoms with Crippen molar-refractivity contribution < 1.29 is 14.7 Å². The van der Waals surface area contributed by atoms with Crippen molar-refractivity contribution in [2.75, 3.05) is 33.7 Å². The van der Waals surface area contributed by atoms with Crippen molar-refractivity contribution in [3.8, 4) is 0 Å². The van der Waals surface area contributed by atoms with Gasteiger partial charge in [-0.3, -0.25) is 15.0 Å². The molecular weight excluding hydrogens is 334 g/mol. The van der Waals surface area contributed by atoms with Gasteiger partial charge in [-0.2, -0.15) is 0 Å². The number of carbonyl (C=O) groups is 2. The molecule has 0 atom stereocenters. The van der Waals surface area contributed by atoms with Crippen LogP contribution >= 0.6 is 0 Å². The normalized spacial score (nSPS) is 11.2. The number of aromatic nitrogens is 1. The first-order valence-corrected chi connectivity index (χ1v) is 8.66. The number of amides is 1. The maximum atomic E-state index is 12.1. The van der Waals surface area contributed by atoms with E-state index in [4.69, 9.17) is 5.11 Å². The van der Waals surface area contributed by atoms with Gasteiger partial charge in [0.2, 0.25) is 5.91 Å². The van der Waals surface area contributed by atoms with Crippen LogP contribution in [-0.4, -0.2) is 60.3 Å². The molecule has 2 aromatic rings. The first kappa shape index (κ1) is 19.9. The van der Waals surface area contributed by atoms with Gasteiger partial charge in [0.05, 0.1) is 13.1 Å². The minimum absolute atomic E-state index is 0.0483. The van der Waals surface area contributed by atoms with Crippen LogP contribution in [0.5, 0.6) is 0 Å². The van der Waals surface area contributed by atoms with E-state index in [0.29, 0.717) is 26.1 Å². The molecule has 142 valence electrons. The number of carboxylic acid groups (broad SMARTS) is 1. The zero-order valence-corrected chi connectivity index (χ0v) is 15.3. The summed E-state index contributed by atoms with van der Waals surface area (Å²) < 4.78 is 2.17. The first-order valence-electron chi connectivity index (χ1n) is 8.66. The molecule has 0 fully saturated rings. The van der Waals surface area contributed by atoms with E-state index in [1.54, 1.807) is 0 Å². The van der Waals surface area contributed by atoms with Gasteiger partial charge in [0, 0.05) is 44.3 Å². The fraction of sp³-hybridized carbons (Fsp3) is 0.444. The molecular formula is C18H27N5O3. The van der Waals surface area contributed by atoms with Crippen LogP contribution in [0.4, 0.5) is 0 Å². The fourth-order valence-corrected chi connectivity index (χ4v) is 2.77. The second-order valence-corrected chi connectivity index (χ2v) is 6.10. The summed E-state index contributed by atoms with van der Waals surface area (Å²) in [5, 5.41) is 17.2. The molecule has 8 heteroatoms. The Morgan fingerprint density at radius 1 is 1.23 bits per heavy atom. The van der Waals surface area contributed by atoms with Crippen LogP contribution in [0.25, 0.3) is 10.9 Å². The molecule has 0 saturated carbocycles. The third kappa shape index (κ3) is 5.83. The number of carboxylic acids is 1. The lowest BCUT2D eigenvalue weighted by Crippen LogP contribution is -2.34. The number of hydrazine groups is 1. The highest BCUT2D eigenvalue weighted by Crippen LogP contribution is 2.21. The molecule has 4 N–H and O–H groups in total. The number of para-hydroxylation sites is 1. The number of aliphatic carboxylic acids is 1. The number of nitrogens with zero attached hydrogens (tertiary/aromatic N) is 2. The van der Waals surface area contributed by atoms with Gasteiger partial charge in [-0.15, -0.1) is 0 Å². The van der Waals surface area contributed by atoms with Crippen molar-refractivity contribution in [1.82, 2.24) is 25.6 Å². The van der Waals surface area contributed by atoms with E-state index in [9.17, 15) is 9.59 Å². The van der Waals surface area contributed by atoms with Gasteiger partial charge in [0.25, 0.3) is 0 Å². The van der Waals surface area contributed by atoms with Crippen LogP contribution in [0.3, 0.4) is 0 Å². The van der Waals surface area contributed by atoms with Crippen LogP contribution in [0.1, 0.15) is 12.1 Å². The van der Waals surface area contributed by atoms with E-state index < -0.39 is 5.97 Å². The Balaban J connectivity index is 1.93. The Bertz CT molecular complexity index is 744. The largest absolute Gasteiger partial charge is 0.480 e. The molecule has 1 aromatic heterocycles. The molecule has 1 heterocycles. The van der Waals surface area contributed by atoms with E-state index in [2.05, 4.69) is 38.8 Å². The summed E-state index contributed by atoms with van der Waals surface area (Å²) in [6.07, 6.45) is 0.369. The highest BCUT2D eigenvalue weighted by molar-refractivity contribution is 5.82. The number of aryl methyl sites for hydroxylation is 1. The summed E-state index contributed by atoms with van der Waals surface area (Å²) in [6.45, 7) is 2.06. The van der Waals surface area contributed by atoms with Crippen molar-refractivity contribution in [3.63, 3.8) is 0 Å². The Labute approximate surface area is 153 Å². The van der Waals surface area contributed by atoms with E-state index in [1.807, 2.05) is 31.2 Å². The van der Waals surface area contributed by atoms with Crippen LogP contribution in [0.15, 0.2) is 30.3 Å². The summed E-state index contributed by atoms with van der Waals surface area (Å²) in [5.41, 5.74) is 5.34. The lowest BCUT2D eigenvalue weighted by molar-refractivity contribution is -0.135. The van der Waals surface area contributed by atoms with Crippen molar-refractivity contribution in [2.45, 2.75) is 19.5 Å². The maximum Gasteiger partial charge on any atom is 0.317 e. The third-order valence-electron chi connectivity index (χ3n) is 4.14. The number of benzene rings is 1. The van der Waals surface area contributed by atoms with E-state index in [1.165, 1.54) is 0 Å². The first-order chi connectivity index (χ1) is 12.5. The van der Waals surface area contributed by atoms with E-state index in [-0.39, 0.29) is 12.5 Å². The van der Waals surface area contributed by atoms with Gasteiger partial charge in [0.1, 0.15) is 0 Å². The minimum Gasteiger partial charge on any atom is -0.480 e. The minimum atomic E-state index is -0.908. The van der Waals surface area contributed by atoms with Crippen LogP contribution in [0.2, 0.25) is 0 Å². The second kappa shape index (κ2) is 9.91. The topological polar surface area (TPSA) is 98.6 Å². The maximum absolute atomic E-state index is 12.1. The molecule has 0 aliphatic rings. The molecule has 8 nitrogen and oxygen atoms in total. The quantitative estimate of drug-likeness (QED) is 0.341. The number of carbonyl (C=O) groups excluding carboxylic acids is 1. The predicted molar refractivity (Wildman–Crippen MR) is 101 cm³/mol. The molecule has 0 aliphatic heterocycles. The molecule has 0 spiro atoms. The lowest BCUT2D eigenvalue weighted by Gasteiger charge is -2.17. The Morgan fingerprint density at radius 3 is 2.73 bits per heavy atom. The van der Waals surface area contributed by atoms with Gasteiger partial charge in [-0.1, -0.05) is 18.2 Å². The number of nitrogens with one attached hydrogen (secondary N) is 3. The fourth-order valence-electron chi connectivity index (χ4n) is 2.77. The summed E-state index contributed by atoms with van der Waals surface area (Å²) in [7, 11) is 3.84. The molecule has 0 unspecified atom stereocenters. The summed E-state index contributed by atoms with van der Waals surface area (Å²) in [4.78, 5) is 22.5. The van der Waals surface area contributed by atoms with Crippen molar-refractivity contribution >= 4 is 22.8 Å². The summed E-state index contributed by atoms with van der Waals surface area (Å²) >= 11 is 0. The van der Waals surface area contributed by atoms with Crippen molar-refractivity contribution in [3.05, 3.63) is 36.0 Å². The highest BCUT2D eigenvalue weighted by Gasteiger charge is 2.11. The van der Waals surface area contributed by atoms with Crippen molar-refractivity contribution in [1.29, 1.82) is 0 Å². The Morgan fingerprint density at radius 2 is 2.00 bits per heavy atom. The monoisotopic (exact) mass is 361 g/mol. The van der Waals surface area contributed by atoms with Gasteiger partial charge >= 0.3 is 5.97 Å². The molecule has 0 saturated heterocycles. The summed E-state index contributed by atoms with van der Waals surface area (Å²) in [6, 6.07) is 10.3. The predicted octanol–water partition coefficient (Wildman–Crippen LogP) is 0.388. The highest BCUT2D eigenvalue weighted by atomic mass is 16.4. The number of hydrogen-bond donors (Lipinski definition) is 4.